The van der Waals surface area contributed by atoms with Gasteiger partial charge in [0.25, 0.3) is 0 Å². The first-order valence-electron chi connectivity index (χ1n) is 3.90. The third-order valence-electron chi connectivity index (χ3n) is 1.66. The van der Waals surface area contributed by atoms with Crippen molar-refractivity contribution in [3.05, 3.63) is 18.6 Å². The molecule has 57 valence electrons. The predicted octanol–water partition coefficient (Wildman–Crippen LogP) is 2.91. The lowest BCUT2D eigenvalue weighted by molar-refractivity contribution is 0.888. The van der Waals surface area contributed by atoms with Gasteiger partial charge in [0.15, 0.2) is 0 Å². The van der Waals surface area contributed by atoms with Gasteiger partial charge in [-0.2, -0.15) is 11.8 Å². The highest BCUT2D eigenvalue weighted by Crippen LogP contribution is 2.31. The molecule has 0 aliphatic heterocycles. The molecular formula is C9H15S. The van der Waals surface area contributed by atoms with E-state index in [1.54, 1.807) is 0 Å². The summed E-state index contributed by atoms with van der Waals surface area (Å²) in [7, 11) is 0. The Morgan fingerprint density at radius 1 is 1.60 bits per heavy atom. The molecule has 1 aliphatic rings. The van der Waals surface area contributed by atoms with E-state index < -0.39 is 0 Å². The number of rotatable bonds is 5. The molecule has 1 saturated carbocycles. The SMILES string of the molecule is CSCCC=CCC1[CH]C1. The van der Waals surface area contributed by atoms with Crippen molar-refractivity contribution in [2.45, 2.75) is 19.3 Å². The molecule has 1 fully saturated rings. The van der Waals surface area contributed by atoms with Gasteiger partial charge in [0, 0.05) is 0 Å². The molecule has 0 bridgehead atoms. The van der Waals surface area contributed by atoms with Gasteiger partial charge < -0.3 is 0 Å². The summed E-state index contributed by atoms with van der Waals surface area (Å²) in [5.41, 5.74) is 0. The Morgan fingerprint density at radius 2 is 2.40 bits per heavy atom. The molecule has 0 spiro atoms. The Kier molecular flexibility index (Phi) is 3.96. The van der Waals surface area contributed by atoms with E-state index in [0.29, 0.717) is 0 Å². The number of hydrogen-bond acceptors (Lipinski definition) is 1. The van der Waals surface area contributed by atoms with Gasteiger partial charge in [0.1, 0.15) is 0 Å². The minimum absolute atomic E-state index is 0.936. The second kappa shape index (κ2) is 4.84. The van der Waals surface area contributed by atoms with Crippen molar-refractivity contribution in [2.24, 2.45) is 5.92 Å². The largest absolute Gasteiger partial charge is 0.165 e. The zero-order chi connectivity index (χ0) is 7.23. The van der Waals surface area contributed by atoms with Crippen LogP contribution in [0.2, 0.25) is 0 Å². The maximum Gasteiger partial charge on any atom is -0.00357 e. The second-order valence-corrected chi connectivity index (χ2v) is 3.71. The molecule has 10 heavy (non-hydrogen) atoms. The fourth-order valence-electron chi connectivity index (χ4n) is 0.863. The zero-order valence-electron chi connectivity index (χ0n) is 6.55. The Labute approximate surface area is 68.1 Å². The maximum absolute atomic E-state index is 2.37. The van der Waals surface area contributed by atoms with Crippen LogP contribution in [0.5, 0.6) is 0 Å². The second-order valence-electron chi connectivity index (χ2n) is 2.72. The normalized spacial score (nSPS) is 18.5. The van der Waals surface area contributed by atoms with Crippen LogP contribution in [0.4, 0.5) is 0 Å². The van der Waals surface area contributed by atoms with Crippen molar-refractivity contribution in [3.8, 4) is 0 Å². The first-order chi connectivity index (χ1) is 4.93. The van der Waals surface area contributed by atoms with Gasteiger partial charge in [-0.25, -0.2) is 0 Å². The molecule has 0 aromatic carbocycles. The smallest absolute Gasteiger partial charge is 0.00357 e. The van der Waals surface area contributed by atoms with E-state index in [1.165, 1.54) is 25.0 Å². The van der Waals surface area contributed by atoms with E-state index >= 15 is 0 Å². The molecule has 1 heteroatoms. The van der Waals surface area contributed by atoms with Crippen LogP contribution in [0.25, 0.3) is 0 Å². The third-order valence-corrected chi connectivity index (χ3v) is 2.31. The molecule has 1 aliphatic carbocycles. The molecule has 0 N–H and O–H groups in total. The molecule has 0 aromatic heterocycles. The highest BCUT2D eigenvalue weighted by Gasteiger charge is 2.19. The van der Waals surface area contributed by atoms with Crippen molar-refractivity contribution in [1.29, 1.82) is 0 Å². The third kappa shape index (κ3) is 3.99. The predicted molar refractivity (Wildman–Crippen MR) is 49.2 cm³/mol. The average molecular weight is 155 g/mol. The Bertz CT molecular complexity index is 103. The van der Waals surface area contributed by atoms with E-state index in [9.17, 15) is 0 Å². The van der Waals surface area contributed by atoms with Crippen LogP contribution in [0.15, 0.2) is 12.2 Å². The summed E-state index contributed by atoms with van der Waals surface area (Å²) in [6, 6.07) is 0. The summed E-state index contributed by atoms with van der Waals surface area (Å²) >= 11 is 1.92. The Balaban J connectivity index is 1.84. The van der Waals surface area contributed by atoms with Gasteiger partial charge in [-0.05, 0) is 43.6 Å². The standard InChI is InChI=1S/C9H15S/c1-10-8-4-2-3-5-9-6-7-9/h2-3,6,9H,4-5,7-8H2,1H3. The van der Waals surface area contributed by atoms with Gasteiger partial charge in [-0.1, -0.05) is 12.2 Å². The summed E-state index contributed by atoms with van der Waals surface area (Å²) in [4.78, 5) is 0. The molecular weight excluding hydrogens is 140 g/mol. The maximum atomic E-state index is 2.37. The van der Waals surface area contributed by atoms with Crippen molar-refractivity contribution in [1.82, 2.24) is 0 Å². The number of hydrogen-bond donors (Lipinski definition) is 0. The van der Waals surface area contributed by atoms with Crippen LogP contribution in [0.3, 0.4) is 0 Å². The van der Waals surface area contributed by atoms with Crippen molar-refractivity contribution in [2.75, 3.05) is 12.0 Å². The Hall–Kier alpha value is 0.0900. The lowest BCUT2D eigenvalue weighted by Crippen LogP contribution is -1.73. The topological polar surface area (TPSA) is 0 Å². The fourth-order valence-corrected chi connectivity index (χ4v) is 1.24. The lowest BCUT2D eigenvalue weighted by atomic mass is 10.2. The van der Waals surface area contributed by atoms with Crippen LogP contribution in [-0.4, -0.2) is 12.0 Å². The van der Waals surface area contributed by atoms with Crippen LogP contribution in [-0.2, 0) is 0 Å². The van der Waals surface area contributed by atoms with Gasteiger partial charge in [0.2, 0.25) is 0 Å². The monoisotopic (exact) mass is 155 g/mol. The van der Waals surface area contributed by atoms with E-state index in [2.05, 4.69) is 24.8 Å². The van der Waals surface area contributed by atoms with Crippen LogP contribution >= 0.6 is 11.8 Å². The zero-order valence-corrected chi connectivity index (χ0v) is 7.36. The molecule has 1 rings (SSSR count). The molecule has 1 atom stereocenters. The van der Waals surface area contributed by atoms with Gasteiger partial charge in [0.05, 0.1) is 0 Å². The summed E-state index contributed by atoms with van der Waals surface area (Å²) in [5.74, 6) is 2.20. The molecule has 0 amide bonds. The fraction of sp³-hybridized carbons (Fsp3) is 0.667. The molecule has 0 nitrogen and oxygen atoms in total. The Morgan fingerprint density at radius 3 is 3.00 bits per heavy atom. The van der Waals surface area contributed by atoms with E-state index in [0.717, 1.165) is 5.92 Å². The van der Waals surface area contributed by atoms with Crippen LogP contribution in [0, 0.1) is 12.3 Å². The van der Waals surface area contributed by atoms with E-state index in [4.69, 9.17) is 0 Å². The van der Waals surface area contributed by atoms with Crippen LogP contribution < -0.4 is 0 Å². The van der Waals surface area contributed by atoms with Crippen molar-refractivity contribution >= 4 is 11.8 Å². The quantitative estimate of drug-likeness (QED) is 0.434. The van der Waals surface area contributed by atoms with Crippen molar-refractivity contribution < 1.29 is 0 Å². The first kappa shape index (κ1) is 8.19. The minimum atomic E-state index is 0.936. The van der Waals surface area contributed by atoms with Gasteiger partial charge >= 0.3 is 0 Å². The molecule has 0 aromatic rings. The number of allylic oxidation sites excluding steroid dienone is 2. The average Bonchev–Trinajstić information content (AvgIpc) is 2.71. The van der Waals surface area contributed by atoms with Gasteiger partial charge in [-0.15, -0.1) is 0 Å². The van der Waals surface area contributed by atoms with E-state index in [-0.39, 0.29) is 0 Å². The van der Waals surface area contributed by atoms with Crippen LogP contribution in [0.1, 0.15) is 19.3 Å². The summed E-state index contributed by atoms with van der Waals surface area (Å²) in [5, 5.41) is 0. The van der Waals surface area contributed by atoms with E-state index in [1.807, 2.05) is 11.8 Å². The molecule has 1 radical (unpaired) electrons. The minimum Gasteiger partial charge on any atom is -0.165 e. The highest BCUT2D eigenvalue weighted by atomic mass is 32.2. The molecule has 0 heterocycles. The summed E-state index contributed by atoms with van der Waals surface area (Å²) < 4.78 is 0. The first-order valence-corrected chi connectivity index (χ1v) is 5.30. The summed E-state index contributed by atoms with van der Waals surface area (Å²) in [6.45, 7) is 0. The summed E-state index contributed by atoms with van der Waals surface area (Å²) in [6.07, 6.45) is 13.0. The molecule has 1 unspecified atom stereocenters. The van der Waals surface area contributed by atoms with Gasteiger partial charge in [-0.3, -0.25) is 0 Å². The van der Waals surface area contributed by atoms with Crippen molar-refractivity contribution in [3.63, 3.8) is 0 Å². The number of thioether (sulfide) groups is 1. The highest BCUT2D eigenvalue weighted by molar-refractivity contribution is 7.98. The lowest BCUT2D eigenvalue weighted by Gasteiger charge is -1.88. The molecule has 0 saturated heterocycles.